The van der Waals surface area contributed by atoms with Crippen molar-refractivity contribution < 1.29 is 43.3 Å². The summed E-state index contributed by atoms with van der Waals surface area (Å²) in [6, 6.07) is 7.49. The number of allylic oxidation sites excluding steroid dienone is 4. The van der Waals surface area contributed by atoms with E-state index in [9.17, 15) is 33.9 Å². The number of primary amides is 1. The molecule has 3 aromatic rings. The van der Waals surface area contributed by atoms with Crippen LogP contribution in [0.5, 0.6) is 0 Å². The van der Waals surface area contributed by atoms with Gasteiger partial charge in [-0.05, 0) is 74.8 Å². The van der Waals surface area contributed by atoms with E-state index in [1.807, 2.05) is 29.2 Å². The predicted molar refractivity (Wildman–Crippen MR) is 250 cm³/mol. The number of fused-ring (bicyclic) bond motifs is 3. The molecule has 19 heteroatoms. The highest BCUT2D eigenvalue weighted by atomic mass is 16.6. The highest BCUT2D eigenvalue weighted by Gasteiger charge is 2.32. The van der Waals surface area contributed by atoms with E-state index in [2.05, 4.69) is 30.5 Å². The molecule has 1 unspecified atom stereocenters. The Morgan fingerprint density at radius 1 is 1.01 bits per heavy atom. The second-order valence-electron chi connectivity index (χ2n) is 17.0. The first kappa shape index (κ1) is 49.8. The minimum Gasteiger partial charge on any atom is -0.439 e. The van der Waals surface area contributed by atoms with E-state index in [1.165, 1.54) is 20.3 Å². The number of aliphatic hydroxyl groups excluding tert-OH is 1. The number of H-pyrrole nitrogens is 2. The number of Topliss-reactive ketones (excluding diaryl/α,β-unsaturated/α-hetero) is 1. The number of nitrogen functional groups attached to an aromatic ring is 1. The number of nitrogens with zero attached hydrogens (tertiary/aromatic N) is 3. The number of piperazine rings is 1. The summed E-state index contributed by atoms with van der Waals surface area (Å²) in [5.41, 5.74) is 14.6. The van der Waals surface area contributed by atoms with Crippen LogP contribution < -0.4 is 27.7 Å². The number of carbonyl (C=O) groups is 5. The number of nitrogens with two attached hydrogens (primary N) is 2. The molecule has 2 aliphatic heterocycles. The Balaban J connectivity index is 1.08. The van der Waals surface area contributed by atoms with Gasteiger partial charge in [-0.2, -0.15) is 4.98 Å². The summed E-state index contributed by atoms with van der Waals surface area (Å²) in [5.74, 6) is -2.06. The van der Waals surface area contributed by atoms with Crippen LogP contribution in [0.15, 0.2) is 93.8 Å². The SMILES string of the molecule is CO[C@H]1CCCC2=C(NCCN3CCN(C(=O)c4ccc(CCc5c[nH]c6nc(N)[nH]c(=O)c56)cc4)CC3)C(=O)C=C(NC(=O)/C(C)=C/C=C\[C@H](OC)[C@@H](OC(N)=O)/C(C)=C/[C@H](C)C1O)C2=O. The molecule has 19 nitrogen and oxygen atoms in total. The number of hydrogen-bond acceptors (Lipinski definition) is 14. The normalized spacial score (nSPS) is 24.9. The van der Waals surface area contributed by atoms with Crippen LogP contribution in [-0.2, 0) is 41.4 Å². The third-order valence-corrected chi connectivity index (χ3v) is 12.4. The summed E-state index contributed by atoms with van der Waals surface area (Å²) < 4.78 is 16.7. The number of anilines is 1. The van der Waals surface area contributed by atoms with Crippen LogP contribution in [0.1, 0.15) is 61.5 Å². The number of rotatable bonds is 11. The molecule has 2 aromatic heterocycles. The fraction of sp³-hybridized carbons (Fsp3) is 0.438. The highest BCUT2D eigenvalue weighted by Crippen LogP contribution is 2.26. The van der Waals surface area contributed by atoms with E-state index in [-0.39, 0.29) is 46.4 Å². The molecular formula is C48H61N9O10. The van der Waals surface area contributed by atoms with E-state index in [4.69, 9.17) is 25.7 Å². The van der Waals surface area contributed by atoms with Crippen LogP contribution in [-0.4, -0.2) is 137 Å². The summed E-state index contributed by atoms with van der Waals surface area (Å²) in [7, 11) is 2.91. The second kappa shape index (κ2) is 22.7. The molecule has 0 radical (unpaired) electrons. The van der Waals surface area contributed by atoms with Crippen molar-refractivity contribution in [2.75, 3.05) is 59.2 Å². The summed E-state index contributed by atoms with van der Waals surface area (Å²) in [4.78, 5) is 92.5. The molecule has 9 N–H and O–H groups in total. The number of methoxy groups -OCH3 is 2. The van der Waals surface area contributed by atoms with E-state index >= 15 is 0 Å². The van der Waals surface area contributed by atoms with Gasteiger partial charge < -0.3 is 51.3 Å². The molecule has 1 aliphatic carbocycles. The number of benzene rings is 1. The summed E-state index contributed by atoms with van der Waals surface area (Å²) in [5, 5.41) is 17.7. The Labute approximate surface area is 388 Å². The van der Waals surface area contributed by atoms with Crippen LogP contribution in [0.4, 0.5) is 10.7 Å². The zero-order chi connectivity index (χ0) is 48.4. The number of aliphatic hydroxyl groups is 1. The van der Waals surface area contributed by atoms with Crippen LogP contribution >= 0.6 is 0 Å². The Morgan fingerprint density at radius 3 is 2.43 bits per heavy atom. The molecule has 0 saturated carbocycles. The van der Waals surface area contributed by atoms with Crippen molar-refractivity contribution in [3.63, 3.8) is 0 Å². The Hall–Kier alpha value is -6.67. The van der Waals surface area contributed by atoms with Crippen LogP contribution in [0.2, 0.25) is 0 Å². The van der Waals surface area contributed by atoms with Gasteiger partial charge in [0.1, 0.15) is 11.8 Å². The lowest BCUT2D eigenvalue weighted by Gasteiger charge is -2.35. The molecule has 2 bridgehead atoms. The van der Waals surface area contributed by atoms with Crippen molar-refractivity contribution >= 4 is 46.5 Å². The molecule has 1 saturated heterocycles. The maximum absolute atomic E-state index is 14.0. The monoisotopic (exact) mass is 923 g/mol. The molecule has 358 valence electrons. The molecule has 67 heavy (non-hydrogen) atoms. The number of carbonyl (C=O) groups excluding carboxylic acids is 5. The Bertz CT molecular complexity index is 2550. The van der Waals surface area contributed by atoms with Crippen LogP contribution in [0.3, 0.4) is 0 Å². The quantitative estimate of drug-likeness (QED) is 0.108. The molecule has 3 aliphatic rings. The first-order valence-electron chi connectivity index (χ1n) is 22.4. The van der Waals surface area contributed by atoms with E-state index in [1.54, 1.807) is 45.2 Å². The zero-order valence-corrected chi connectivity index (χ0v) is 38.6. The van der Waals surface area contributed by atoms with Crippen molar-refractivity contribution in [3.8, 4) is 0 Å². The van der Waals surface area contributed by atoms with Gasteiger partial charge in [-0.1, -0.05) is 43.4 Å². The molecule has 3 amide bonds. The van der Waals surface area contributed by atoms with Crippen LogP contribution in [0.25, 0.3) is 11.0 Å². The van der Waals surface area contributed by atoms with Gasteiger partial charge in [0.2, 0.25) is 17.5 Å². The van der Waals surface area contributed by atoms with Crippen molar-refractivity contribution in [3.05, 3.63) is 116 Å². The molecule has 4 heterocycles. The first-order valence-corrected chi connectivity index (χ1v) is 22.4. The summed E-state index contributed by atoms with van der Waals surface area (Å²) >= 11 is 0. The van der Waals surface area contributed by atoms with Gasteiger partial charge in [-0.15, -0.1) is 0 Å². The second-order valence-corrected chi connectivity index (χ2v) is 17.0. The van der Waals surface area contributed by atoms with E-state index in [0.717, 1.165) is 17.2 Å². The number of amides is 3. The summed E-state index contributed by atoms with van der Waals surface area (Å²) in [6.07, 6.45) is 6.92. The van der Waals surface area contributed by atoms with Gasteiger partial charge in [-0.25, -0.2) is 4.79 Å². The number of aromatic amines is 2. The molecule has 0 spiro atoms. The van der Waals surface area contributed by atoms with Gasteiger partial charge in [0.15, 0.2) is 6.10 Å². The third kappa shape index (κ3) is 12.4. The number of hydrogen-bond donors (Lipinski definition) is 7. The molecule has 5 atom stereocenters. The van der Waals surface area contributed by atoms with Crippen molar-refractivity contribution in [1.29, 1.82) is 0 Å². The predicted octanol–water partition coefficient (Wildman–Crippen LogP) is 2.50. The standard InChI is InChI=1S/C48H61N9O10/c1-27-8-6-11-37(66-5)42(67-48(50)64)29(3)24-28(2)40(59)36(65-4)10-7-9-33-39(35(58)25-34(41(33)60)53-44(27)61)51-18-19-56-20-22-57(23-21-56)46(63)31-15-12-30(13-16-31)14-17-32-26-52-43-38(32)45(62)55-47(49)54-43/h6,8,11-13,15-16,24-26,28,36-37,40,42,51,59H,7,9-10,14,17-23H2,1-5H3,(H2,50,64)(H,53,61)(H4,49,52,54,55,62)/b11-6-,27-8+,29-24+/t28-,36-,37-,40?,42-/m0/s1. The van der Waals surface area contributed by atoms with E-state index in [0.29, 0.717) is 87.1 Å². The minimum absolute atomic E-state index is 0.0520. The topological polar surface area (TPSA) is 277 Å². The minimum atomic E-state index is -1.02. The van der Waals surface area contributed by atoms with Crippen molar-refractivity contribution in [1.82, 2.24) is 35.4 Å². The van der Waals surface area contributed by atoms with Crippen LogP contribution in [0, 0.1) is 5.92 Å². The lowest BCUT2D eigenvalue weighted by Crippen LogP contribution is -2.50. The molecule has 1 aromatic carbocycles. The zero-order valence-electron chi connectivity index (χ0n) is 38.6. The largest absolute Gasteiger partial charge is 0.439 e. The average Bonchev–Trinajstić information content (AvgIpc) is 3.72. The number of ketones is 2. The maximum Gasteiger partial charge on any atom is 0.405 e. The van der Waals surface area contributed by atoms with E-state index < -0.39 is 53.9 Å². The molecular weight excluding hydrogens is 863 g/mol. The maximum atomic E-state index is 14.0. The third-order valence-electron chi connectivity index (χ3n) is 12.4. The van der Waals surface area contributed by atoms with Crippen molar-refractivity contribution in [2.45, 2.75) is 77.3 Å². The fourth-order valence-electron chi connectivity index (χ4n) is 8.63. The smallest absolute Gasteiger partial charge is 0.405 e. The highest BCUT2D eigenvalue weighted by molar-refractivity contribution is 6.23. The fourth-order valence-corrected chi connectivity index (χ4v) is 8.63. The Kier molecular flexibility index (Phi) is 16.8. The van der Waals surface area contributed by atoms with Gasteiger partial charge in [0.05, 0.1) is 29.0 Å². The van der Waals surface area contributed by atoms with Crippen molar-refractivity contribution in [2.24, 2.45) is 11.7 Å². The van der Waals surface area contributed by atoms with Gasteiger partial charge in [0, 0.05) is 88.4 Å². The van der Waals surface area contributed by atoms with Gasteiger partial charge in [0.25, 0.3) is 17.4 Å². The molecule has 1 fully saturated rings. The summed E-state index contributed by atoms with van der Waals surface area (Å²) in [6.45, 7) is 8.15. The molecule has 6 rings (SSSR count). The lowest BCUT2D eigenvalue weighted by molar-refractivity contribution is -0.120. The number of aromatic nitrogens is 3. The average molecular weight is 924 g/mol. The lowest BCUT2D eigenvalue weighted by atomic mass is 9.89. The van der Waals surface area contributed by atoms with Gasteiger partial charge in [-0.3, -0.25) is 33.9 Å². The number of aryl methyl sites for hydroxylation is 2. The number of nitrogens with one attached hydrogen (secondary N) is 4. The van der Waals surface area contributed by atoms with Gasteiger partial charge >= 0.3 is 6.09 Å². The Morgan fingerprint density at radius 2 is 1.75 bits per heavy atom. The number of ether oxygens (including phenoxy) is 3. The first-order chi connectivity index (χ1) is 32.1.